The molecule has 2 rings (SSSR count). The Morgan fingerprint density at radius 1 is 1.35 bits per heavy atom. The van der Waals surface area contributed by atoms with Gasteiger partial charge in [0.05, 0.1) is 16.5 Å². The van der Waals surface area contributed by atoms with E-state index in [0.29, 0.717) is 0 Å². The van der Waals surface area contributed by atoms with Gasteiger partial charge in [-0.15, -0.1) is 0 Å². The van der Waals surface area contributed by atoms with Crippen molar-refractivity contribution in [2.75, 3.05) is 5.32 Å². The van der Waals surface area contributed by atoms with E-state index in [1.54, 1.807) is 6.92 Å². The smallest absolute Gasteiger partial charge is 0.236 e. The van der Waals surface area contributed by atoms with Gasteiger partial charge in [-0.05, 0) is 26.0 Å². The molecule has 4 heteroatoms. The zero-order valence-corrected chi connectivity index (χ0v) is 10.7. The normalized spacial score (nSPS) is 12.4. The van der Waals surface area contributed by atoms with E-state index in [1.807, 2.05) is 37.3 Å². The maximum absolute atomic E-state index is 11.6. The van der Waals surface area contributed by atoms with Crippen LogP contribution in [-0.2, 0) is 4.79 Å². The number of benzene rings is 1. The summed E-state index contributed by atoms with van der Waals surface area (Å²) in [5.74, 6) is -0.121. The van der Waals surface area contributed by atoms with Crippen LogP contribution < -0.4 is 5.32 Å². The Balaban J connectivity index is 2.46. The number of fused-ring (bicyclic) bond motifs is 1. The first kappa shape index (κ1) is 11.9. The Kier molecular flexibility index (Phi) is 3.33. The number of amides is 1. The molecule has 1 N–H and O–H groups in total. The lowest BCUT2D eigenvalue weighted by Gasteiger charge is -2.09. The van der Waals surface area contributed by atoms with Gasteiger partial charge in [0.25, 0.3) is 0 Å². The molecule has 1 atom stereocenters. The van der Waals surface area contributed by atoms with E-state index in [9.17, 15) is 4.79 Å². The van der Waals surface area contributed by atoms with Crippen LogP contribution in [0.1, 0.15) is 12.6 Å². The second-order valence-corrected chi connectivity index (χ2v) is 4.77. The van der Waals surface area contributed by atoms with E-state index in [1.165, 1.54) is 0 Å². The fraction of sp³-hybridized carbons (Fsp3) is 0.231. The standard InChI is InChI=1S/C13H14N2OS/c1-8-6-7-10-4-3-5-11(12(10)14-8)15-13(16)9(2)17/h3-7,9,17H,1-2H3,(H,15,16). The summed E-state index contributed by atoms with van der Waals surface area (Å²) in [6.45, 7) is 3.67. The Morgan fingerprint density at radius 2 is 2.12 bits per heavy atom. The van der Waals surface area contributed by atoms with Crippen molar-refractivity contribution in [1.29, 1.82) is 0 Å². The summed E-state index contributed by atoms with van der Waals surface area (Å²) >= 11 is 4.11. The third-order valence-electron chi connectivity index (χ3n) is 2.50. The number of hydrogen-bond donors (Lipinski definition) is 2. The summed E-state index contributed by atoms with van der Waals surface area (Å²) in [4.78, 5) is 16.1. The molecular weight excluding hydrogens is 232 g/mol. The van der Waals surface area contributed by atoms with Crippen LogP contribution in [0.4, 0.5) is 5.69 Å². The Labute approximate surface area is 106 Å². The molecule has 0 aliphatic rings. The molecule has 3 nitrogen and oxygen atoms in total. The van der Waals surface area contributed by atoms with E-state index in [0.717, 1.165) is 22.3 Å². The molecule has 17 heavy (non-hydrogen) atoms. The minimum Gasteiger partial charge on any atom is -0.323 e. The third-order valence-corrected chi connectivity index (χ3v) is 2.73. The van der Waals surface area contributed by atoms with Gasteiger partial charge in [-0.1, -0.05) is 18.2 Å². The highest BCUT2D eigenvalue weighted by molar-refractivity contribution is 7.81. The third kappa shape index (κ3) is 2.58. The van der Waals surface area contributed by atoms with Crippen LogP contribution in [0.25, 0.3) is 10.9 Å². The maximum atomic E-state index is 11.6. The number of aromatic nitrogens is 1. The van der Waals surface area contributed by atoms with E-state index >= 15 is 0 Å². The van der Waals surface area contributed by atoms with Crippen LogP contribution >= 0.6 is 12.6 Å². The molecule has 2 aromatic rings. The molecule has 1 aromatic heterocycles. The highest BCUT2D eigenvalue weighted by Gasteiger charge is 2.10. The number of para-hydroxylation sites is 1. The van der Waals surface area contributed by atoms with Crippen molar-refractivity contribution in [3.05, 3.63) is 36.0 Å². The van der Waals surface area contributed by atoms with Gasteiger partial charge in [-0.25, -0.2) is 0 Å². The first-order valence-electron chi connectivity index (χ1n) is 5.43. The number of hydrogen-bond acceptors (Lipinski definition) is 3. The van der Waals surface area contributed by atoms with Crippen molar-refractivity contribution >= 4 is 35.1 Å². The fourth-order valence-corrected chi connectivity index (χ4v) is 1.65. The van der Waals surface area contributed by atoms with Crippen LogP contribution in [0.5, 0.6) is 0 Å². The largest absolute Gasteiger partial charge is 0.323 e. The van der Waals surface area contributed by atoms with Crippen molar-refractivity contribution in [3.8, 4) is 0 Å². The maximum Gasteiger partial charge on any atom is 0.236 e. The number of aryl methyl sites for hydroxylation is 1. The molecule has 0 aliphatic heterocycles. The zero-order chi connectivity index (χ0) is 12.4. The number of carbonyl (C=O) groups is 1. The van der Waals surface area contributed by atoms with Crippen molar-refractivity contribution in [2.45, 2.75) is 19.1 Å². The van der Waals surface area contributed by atoms with Crippen LogP contribution in [0, 0.1) is 6.92 Å². The second-order valence-electron chi connectivity index (χ2n) is 4.00. The molecule has 0 saturated carbocycles. The molecule has 0 bridgehead atoms. The highest BCUT2D eigenvalue weighted by atomic mass is 32.1. The van der Waals surface area contributed by atoms with Crippen LogP contribution in [0.15, 0.2) is 30.3 Å². The molecular formula is C13H14N2OS. The van der Waals surface area contributed by atoms with Crippen LogP contribution in [0.2, 0.25) is 0 Å². The van der Waals surface area contributed by atoms with E-state index in [-0.39, 0.29) is 11.2 Å². The average molecular weight is 246 g/mol. The monoisotopic (exact) mass is 246 g/mol. The zero-order valence-electron chi connectivity index (χ0n) is 9.77. The van der Waals surface area contributed by atoms with Gasteiger partial charge in [0, 0.05) is 11.1 Å². The van der Waals surface area contributed by atoms with E-state index < -0.39 is 0 Å². The summed E-state index contributed by atoms with van der Waals surface area (Å²) in [5, 5.41) is 3.51. The first-order valence-corrected chi connectivity index (χ1v) is 5.95. The van der Waals surface area contributed by atoms with Gasteiger partial charge in [-0.2, -0.15) is 12.6 Å². The summed E-state index contributed by atoms with van der Waals surface area (Å²) in [6, 6.07) is 9.68. The Morgan fingerprint density at radius 3 is 2.82 bits per heavy atom. The summed E-state index contributed by atoms with van der Waals surface area (Å²) < 4.78 is 0. The number of anilines is 1. The van der Waals surface area contributed by atoms with E-state index in [2.05, 4.69) is 22.9 Å². The summed E-state index contributed by atoms with van der Waals surface area (Å²) in [6.07, 6.45) is 0. The van der Waals surface area contributed by atoms with E-state index in [4.69, 9.17) is 0 Å². The van der Waals surface area contributed by atoms with Crippen molar-refractivity contribution in [1.82, 2.24) is 4.98 Å². The van der Waals surface area contributed by atoms with Crippen molar-refractivity contribution < 1.29 is 4.79 Å². The summed E-state index contributed by atoms with van der Waals surface area (Å²) in [7, 11) is 0. The van der Waals surface area contributed by atoms with Gasteiger partial charge in [0.15, 0.2) is 0 Å². The van der Waals surface area contributed by atoms with Crippen LogP contribution in [0.3, 0.4) is 0 Å². The molecule has 1 amide bonds. The van der Waals surface area contributed by atoms with Gasteiger partial charge < -0.3 is 5.32 Å². The van der Waals surface area contributed by atoms with Gasteiger partial charge >= 0.3 is 0 Å². The second kappa shape index (κ2) is 4.75. The lowest BCUT2D eigenvalue weighted by molar-refractivity contribution is -0.115. The van der Waals surface area contributed by atoms with Crippen molar-refractivity contribution in [3.63, 3.8) is 0 Å². The lowest BCUT2D eigenvalue weighted by atomic mass is 10.1. The molecule has 1 unspecified atom stereocenters. The molecule has 0 aliphatic carbocycles. The summed E-state index contributed by atoms with van der Waals surface area (Å²) in [5.41, 5.74) is 2.48. The molecule has 0 spiro atoms. The predicted octanol–water partition coefficient (Wildman–Crippen LogP) is 2.80. The van der Waals surface area contributed by atoms with Gasteiger partial charge in [0.1, 0.15) is 0 Å². The number of rotatable bonds is 2. The highest BCUT2D eigenvalue weighted by Crippen LogP contribution is 2.22. The lowest BCUT2D eigenvalue weighted by Crippen LogP contribution is -2.20. The molecule has 1 heterocycles. The average Bonchev–Trinajstić information content (AvgIpc) is 2.29. The number of pyridine rings is 1. The number of carbonyl (C=O) groups excluding carboxylic acids is 1. The topological polar surface area (TPSA) is 42.0 Å². The predicted molar refractivity (Wildman–Crippen MR) is 73.6 cm³/mol. The molecule has 0 saturated heterocycles. The molecule has 1 aromatic carbocycles. The van der Waals surface area contributed by atoms with Gasteiger partial charge in [-0.3, -0.25) is 9.78 Å². The minimum atomic E-state index is -0.338. The Bertz CT molecular complexity index is 566. The first-order chi connectivity index (χ1) is 8.08. The Hall–Kier alpha value is -1.55. The molecule has 88 valence electrons. The number of thiol groups is 1. The SMILES string of the molecule is Cc1ccc2cccc(NC(=O)C(C)S)c2n1. The quantitative estimate of drug-likeness (QED) is 0.800. The number of nitrogens with zero attached hydrogens (tertiary/aromatic N) is 1. The molecule has 0 fully saturated rings. The number of nitrogens with one attached hydrogen (secondary N) is 1. The molecule has 0 radical (unpaired) electrons. The van der Waals surface area contributed by atoms with Crippen molar-refractivity contribution in [2.24, 2.45) is 0 Å². The van der Waals surface area contributed by atoms with Crippen LogP contribution in [-0.4, -0.2) is 16.1 Å². The fourth-order valence-electron chi connectivity index (χ4n) is 1.58. The van der Waals surface area contributed by atoms with Gasteiger partial charge in [0.2, 0.25) is 5.91 Å². The minimum absolute atomic E-state index is 0.121.